The third-order valence-electron chi connectivity index (χ3n) is 2.35. The molecule has 4 heteroatoms. The molecule has 0 N–H and O–H groups in total. The molecule has 1 aromatic rings. The van der Waals surface area contributed by atoms with Gasteiger partial charge in [-0.1, -0.05) is 30.3 Å². The number of benzene rings is 1. The highest BCUT2D eigenvalue weighted by molar-refractivity contribution is 5.73. The molecule has 0 fully saturated rings. The van der Waals surface area contributed by atoms with Crippen LogP contribution in [0.15, 0.2) is 30.3 Å². The van der Waals surface area contributed by atoms with Gasteiger partial charge in [0.2, 0.25) is 0 Å². The maximum atomic E-state index is 11.5. The molecule has 0 saturated heterocycles. The fourth-order valence-electron chi connectivity index (χ4n) is 1.49. The Morgan fingerprint density at radius 1 is 1.24 bits per heavy atom. The molecule has 92 valence electrons. The van der Waals surface area contributed by atoms with Crippen LogP contribution in [0.4, 0.5) is 0 Å². The highest BCUT2D eigenvalue weighted by Crippen LogP contribution is 2.11. The molecule has 4 nitrogen and oxygen atoms in total. The monoisotopic (exact) mass is 236 g/mol. The molecule has 0 aliphatic carbocycles. The molecule has 0 radical (unpaired) electrons. The van der Waals surface area contributed by atoms with Crippen LogP contribution in [0.25, 0.3) is 0 Å². The summed E-state index contributed by atoms with van der Waals surface area (Å²) in [5.41, 5.74) is 1.01. The van der Waals surface area contributed by atoms with Gasteiger partial charge in [0.05, 0.1) is 13.0 Å². The molecule has 1 rings (SSSR count). The molecule has 0 bridgehead atoms. The van der Waals surface area contributed by atoms with Crippen molar-refractivity contribution in [3.63, 3.8) is 0 Å². The average Bonchev–Trinajstić information content (AvgIpc) is 2.34. The molecular weight excluding hydrogens is 220 g/mol. The number of carbonyl (C=O) groups is 2. The minimum Gasteiger partial charge on any atom is -0.469 e. The Morgan fingerprint density at radius 3 is 2.41 bits per heavy atom. The minimum absolute atomic E-state index is 0.0525. The van der Waals surface area contributed by atoms with Gasteiger partial charge < -0.3 is 9.47 Å². The summed E-state index contributed by atoms with van der Waals surface area (Å²) in [6, 6.07) is 9.54. The van der Waals surface area contributed by atoms with Crippen LogP contribution < -0.4 is 0 Å². The summed E-state index contributed by atoms with van der Waals surface area (Å²) in [5.74, 6) is -1.21. The molecule has 17 heavy (non-hydrogen) atoms. The van der Waals surface area contributed by atoms with Crippen LogP contribution in [-0.2, 0) is 25.5 Å². The van der Waals surface area contributed by atoms with E-state index in [-0.39, 0.29) is 12.6 Å². The largest absolute Gasteiger partial charge is 0.469 e. The molecule has 1 atom stereocenters. The summed E-state index contributed by atoms with van der Waals surface area (Å²) in [6.45, 7) is 1.37. The van der Waals surface area contributed by atoms with Gasteiger partial charge in [0, 0.05) is 6.92 Å². The second-order valence-electron chi connectivity index (χ2n) is 3.71. The number of hydrogen-bond acceptors (Lipinski definition) is 4. The van der Waals surface area contributed by atoms with Crippen molar-refractivity contribution in [2.24, 2.45) is 5.92 Å². The van der Waals surface area contributed by atoms with E-state index in [4.69, 9.17) is 4.74 Å². The Kier molecular flexibility index (Phi) is 5.20. The highest BCUT2D eigenvalue weighted by atomic mass is 16.5. The first-order valence-electron chi connectivity index (χ1n) is 5.38. The second-order valence-corrected chi connectivity index (χ2v) is 3.71. The predicted molar refractivity (Wildman–Crippen MR) is 62.3 cm³/mol. The first-order valence-corrected chi connectivity index (χ1v) is 5.38. The Labute approximate surface area is 101 Å². The van der Waals surface area contributed by atoms with E-state index in [2.05, 4.69) is 4.74 Å². The van der Waals surface area contributed by atoms with Crippen molar-refractivity contribution < 1.29 is 19.1 Å². The maximum absolute atomic E-state index is 11.5. The van der Waals surface area contributed by atoms with Crippen LogP contribution >= 0.6 is 0 Å². The summed E-state index contributed by atoms with van der Waals surface area (Å²) < 4.78 is 9.55. The Bertz CT molecular complexity index is 372. The van der Waals surface area contributed by atoms with Gasteiger partial charge >= 0.3 is 11.9 Å². The molecule has 0 spiro atoms. The van der Waals surface area contributed by atoms with Crippen LogP contribution in [0.3, 0.4) is 0 Å². The third kappa shape index (κ3) is 4.68. The number of carbonyl (C=O) groups excluding carboxylic acids is 2. The number of methoxy groups -OCH3 is 1. The summed E-state index contributed by atoms with van der Waals surface area (Å²) in [4.78, 5) is 22.3. The molecule has 0 aromatic heterocycles. The van der Waals surface area contributed by atoms with Crippen LogP contribution in [0, 0.1) is 5.92 Å². The van der Waals surface area contributed by atoms with E-state index in [0.29, 0.717) is 6.42 Å². The van der Waals surface area contributed by atoms with Crippen molar-refractivity contribution in [1.29, 1.82) is 0 Å². The molecular formula is C13H16O4. The Balaban J connectivity index is 2.63. The van der Waals surface area contributed by atoms with Crippen molar-refractivity contribution in [3.8, 4) is 0 Å². The average molecular weight is 236 g/mol. The van der Waals surface area contributed by atoms with Crippen molar-refractivity contribution in [2.75, 3.05) is 13.7 Å². The predicted octanol–water partition coefficient (Wildman–Crippen LogP) is 1.58. The standard InChI is InChI=1S/C13H16O4/c1-10(14)17-9-12(13(15)16-2)8-11-6-4-3-5-7-11/h3-7,12H,8-9H2,1-2H3. The summed E-state index contributed by atoms with van der Waals surface area (Å²) >= 11 is 0. The van der Waals surface area contributed by atoms with Gasteiger partial charge in [-0.15, -0.1) is 0 Å². The number of hydrogen-bond donors (Lipinski definition) is 0. The normalized spacial score (nSPS) is 11.6. The van der Waals surface area contributed by atoms with E-state index in [9.17, 15) is 9.59 Å². The van der Waals surface area contributed by atoms with Gasteiger partial charge in [0.1, 0.15) is 6.61 Å². The molecule has 0 aliphatic rings. The Hall–Kier alpha value is -1.84. The lowest BCUT2D eigenvalue weighted by Crippen LogP contribution is -2.25. The lowest BCUT2D eigenvalue weighted by molar-refractivity contribution is -0.151. The van der Waals surface area contributed by atoms with Crippen LogP contribution in [0.2, 0.25) is 0 Å². The lowest BCUT2D eigenvalue weighted by Gasteiger charge is -2.14. The first kappa shape index (κ1) is 13.2. The maximum Gasteiger partial charge on any atom is 0.312 e. The van der Waals surface area contributed by atoms with Gasteiger partial charge in [-0.3, -0.25) is 9.59 Å². The second kappa shape index (κ2) is 6.68. The van der Waals surface area contributed by atoms with E-state index >= 15 is 0 Å². The number of ether oxygens (including phenoxy) is 2. The van der Waals surface area contributed by atoms with Crippen LogP contribution in [0.5, 0.6) is 0 Å². The van der Waals surface area contributed by atoms with Crippen LogP contribution in [0.1, 0.15) is 12.5 Å². The van der Waals surface area contributed by atoms with E-state index in [1.807, 2.05) is 30.3 Å². The van der Waals surface area contributed by atoms with Crippen molar-refractivity contribution in [3.05, 3.63) is 35.9 Å². The van der Waals surface area contributed by atoms with Gasteiger partial charge in [-0.25, -0.2) is 0 Å². The quantitative estimate of drug-likeness (QED) is 0.728. The SMILES string of the molecule is COC(=O)C(COC(C)=O)Cc1ccccc1. The van der Waals surface area contributed by atoms with Gasteiger partial charge in [-0.2, -0.15) is 0 Å². The summed E-state index contributed by atoms with van der Waals surface area (Å²) in [6.07, 6.45) is 0.501. The van der Waals surface area contributed by atoms with Crippen molar-refractivity contribution in [2.45, 2.75) is 13.3 Å². The molecule has 0 amide bonds. The zero-order valence-corrected chi connectivity index (χ0v) is 10.0. The number of esters is 2. The van der Waals surface area contributed by atoms with E-state index in [1.165, 1.54) is 14.0 Å². The van der Waals surface area contributed by atoms with E-state index in [0.717, 1.165) is 5.56 Å². The van der Waals surface area contributed by atoms with E-state index in [1.54, 1.807) is 0 Å². The molecule has 1 unspecified atom stereocenters. The van der Waals surface area contributed by atoms with Gasteiger partial charge in [-0.05, 0) is 12.0 Å². The smallest absolute Gasteiger partial charge is 0.312 e. The molecule has 0 aliphatic heterocycles. The zero-order chi connectivity index (χ0) is 12.7. The molecule has 0 saturated carbocycles. The highest BCUT2D eigenvalue weighted by Gasteiger charge is 2.21. The number of rotatable bonds is 5. The summed E-state index contributed by atoms with van der Waals surface area (Å²) in [7, 11) is 1.33. The van der Waals surface area contributed by atoms with Gasteiger partial charge in [0.15, 0.2) is 0 Å². The van der Waals surface area contributed by atoms with Crippen molar-refractivity contribution in [1.82, 2.24) is 0 Å². The molecule has 1 aromatic carbocycles. The van der Waals surface area contributed by atoms with Gasteiger partial charge in [0.25, 0.3) is 0 Å². The zero-order valence-electron chi connectivity index (χ0n) is 10.0. The van der Waals surface area contributed by atoms with E-state index < -0.39 is 11.9 Å². The van der Waals surface area contributed by atoms with Crippen LogP contribution in [-0.4, -0.2) is 25.7 Å². The molecule has 0 heterocycles. The lowest BCUT2D eigenvalue weighted by atomic mass is 10.0. The first-order chi connectivity index (χ1) is 8.13. The van der Waals surface area contributed by atoms with Crippen molar-refractivity contribution >= 4 is 11.9 Å². The fraction of sp³-hybridized carbons (Fsp3) is 0.385. The minimum atomic E-state index is -0.453. The topological polar surface area (TPSA) is 52.6 Å². The fourth-order valence-corrected chi connectivity index (χ4v) is 1.49. The Morgan fingerprint density at radius 2 is 1.88 bits per heavy atom. The third-order valence-corrected chi connectivity index (χ3v) is 2.35. The summed E-state index contributed by atoms with van der Waals surface area (Å²) in [5, 5.41) is 0.